The Labute approximate surface area is 221 Å². The van der Waals surface area contributed by atoms with E-state index in [4.69, 9.17) is 10.5 Å². The van der Waals surface area contributed by atoms with Crippen molar-refractivity contribution in [1.29, 1.82) is 0 Å². The number of aliphatic hydroxyl groups excluding tert-OH is 2. The van der Waals surface area contributed by atoms with Crippen molar-refractivity contribution in [3.8, 4) is 5.75 Å². The van der Waals surface area contributed by atoms with Crippen molar-refractivity contribution in [3.63, 3.8) is 0 Å². The van der Waals surface area contributed by atoms with Crippen molar-refractivity contribution in [2.24, 2.45) is 11.1 Å². The molecule has 0 bridgehead atoms. The maximum atomic E-state index is 13.9. The summed E-state index contributed by atoms with van der Waals surface area (Å²) in [5.41, 5.74) is 7.86. The quantitative estimate of drug-likeness (QED) is 0.334. The first-order valence-electron chi connectivity index (χ1n) is 13.1. The van der Waals surface area contributed by atoms with Gasteiger partial charge in [0.2, 0.25) is 0 Å². The molecule has 1 saturated heterocycles. The standard InChI is InChI=1S/C29H36F3N3O3/c1-38-21-4-5-26-23(15-21)28(19(16-33)17-34-26)27(37)6-7-29(18-36)8-11-35(12-9-29)10-2-3-22-24(31)13-20(30)14-25(22)32/h4-5,13-15,17,27,36-37H,2-3,6-12,16,18,33H2,1H3/t27-/m1/s1. The van der Waals surface area contributed by atoms with Gasteiger partial charge in [-0.2, -0.15) is 0 Å². The molecule has 0 spiro atoms. The van der Waals surface area contributed by atoms with Crippen molar-refractivity contribution in [3.05, 3.63) is 70.7 Å². The molecular weight excluding hydrogens is 495 g/mol. The second-order valence-corrected chi connectivity index (χ2v) is 10.3. The second-order valence-electron chi connectivity index (χ2n) is 10.3. The third kappa shape index (κ3) is 6.29. The number of ether oxygens (including phenoxy) is 1. The monoisotopic (exact) mass is 531 g/mol. The van der Waals surface area contributed by atoms with Crippen LogP contribution in [0, 0.1) is 22.9 Å². The third-order valence-electron chi connectivity index (χ3n) is 7.96. The molecule has 2 aromatic carbocycles. The van der Waals surface area contributed by atoms with Crippen LogP contribution in [-0.4, -0.2) is 53.4 Å². The summed E-state index contributed by atoms with van der Waals surface area (Å²) in [6.45, 7) is 2.42. The fraction of sp³-hybridized carbons (Fsp3) is 0.483. The summed E-state index contributed by atoms with van der Waals surface area (Å²) < 4.78 is 46.3. The lowest BCUT2D eigenvalue weighted by Gasteiger charge is -2.41. The summed E-state index contributed by atoms with van der Waals surface area (Å²) in [5, 5.41) is 22.4. The number of hydrogen-bond donors (Lipinski definition) is 3. The highest BCUT2D eigenvalue weighted by atomic mass is 19.1. The van der Waals surface area contributed by atoms with E-state index in [1.807, 2.05) is 18.2 Å². The number of aromatic nitrogens is 1. The average Bonchev–Trinajstić information content (AvgIpc) is 2.92. The van der Waals surface area contributed by atoms with E-state index in [9.17, 15) is 23.4 Å². The second kappa shape index (κ2) is 12.4. The lowest BCUT2D eigenvalue weighted by molar-refractivity contribution is 0.0233. The zero-order valence-corrected chi connectivity index (χ0v) is 21.7. The van der Waals surface area contributed by atoms with Gasteiger partial charge in [-0.3, -0.25) is 4.98 Å². The molecule has 0 saturated carbocycles. The van der Waals surface area contributed by atoms with Crippen molar-refractivity contribution in [2.75, 3.05) is 33.4 Å². The summed E-state index contributed by atoms with van der Waals surface area (Å²) in [7, 11) is 1.59. The van der Waals surface area contributed by atoms with Gasteiger partial charge < -0.3 is 25.6 Å². The van der Waals surface area contributed by atoms with Crippen LogP contribution >= 0.6 is 0 Å². The number of hydrogen-bond acceptors (Lipinski definition) is 6. The van der Waals surface area contributed by atoms with Crippen molar-refractivity contribution in [1.82, 2.24) is 9.88 Å². The van der Waals surface area contributed by atoms with Crippen LogP contribution in [-0.2, 0) is 13.0 Å². The number of piperidine rings is 1. The molecule has 0 aliphatic carbocycles. The van der Waals surface area contributed by atoms with Gasteiger partial charge in [-0.05, 0) is 92.9 Å². The smallest absolute Gasteiger partial charge is 0.132 e. The molecule has 38 heavy (non-hydrogen) atoms. The molecule has 6 nitrogen and oxygen atoms in total. The number of nitrogens with two attached hydrogens (primary N) is 1. The van der Waals surface area contributed by atoms with E-state index in [2.05, 4.69) is 9.88 Å². The average molecular weight is 532 g/mol. The highest BCUT2D eigenvalue weighted by molar-refractivity contribution is 5.85. The minimum atomic E-state index is -0.915. The Kier molecular flexibility index (Phi) is 9.25. The Hall–Kier alpha value is -2.72. The van der Waals surface area contributed by atoms with E-state index < -0.39 is 23.6 Å². The topological polar surface area (TPSA) is 91.8 Å². The van der Waals surface area contributed by atoms with E-state index in [-0.39, 0.29) is 30.6 Å². The van der Waals surface area contributed by atoms with Gasteiger partial charge in [0, 0.05) is 42.4 Å². The van der Waals surface area contributed by atoms with Crippen LogP contribution in [0.1, 0.15) is 54.9 Å². The number of rotatable bonds is 11. The van der Waals surface area contributed by atoms with Gasteiger partial charge in [-0.25, -0.2) is 13.2 Å². The van der Waals surface area contributed by atoms with Crippen LogP contribution < -0.4 is 10.5 Å². The number of pyridine rings is 1. The molecular formula is C29H36F3N3O3. The van der Waals surface area contributed by atoms with Crippen LogP contribution in [0.3, 0.4) is 0 Å². The highest BCUT2D eigenvalue weighted by Gasteiger charge is 2.34. The number of likely N-dealkylation sites (tertiary alicyclic amines) is 1. The van der Waals surface area contributed by atoms with E-state index >= 15 is 0 Å². The van der Waals surface area contributed by atoms with Gasteiger partial charge in [-0.15, -0.1) is 0 Å². The van der Waals surface area contributed by atoms with Crippen molar-refractivity contribution in [2.45, 2.75) is 51.2 Å². The Morgan fingerprint density at radius 2 is 1.84 bits per heavy atom. The Balaban J connectivity index is 1.35. The van der Waals surface area contributed by atoms with Gasteiger partial charge >= 0.3 is 0 Å². The largest absolute Gasteiger partial charge is 0.497 e. The first-order chi connectivity index (χ1) is 18.3. The van der Waals surface area contributed by atoms with E-state index in [1.165, 1.54) is 0 Å². The fourth-order valence-electron chi connectivity index (χ4n) is 5.53. The molecule has 0 amide bonds. The minimum absolute atomic E-state index is 0.0220. The molecule has 4 rings (SSSR count). The molecule has 1 fully saturated rings. The van der Waals surface area contributed by atoms with Crippen LogP contribution in [0.15, 0.2) is 36.5 Å². The van der Waals surface area contributed by atoms with E-state index in [0.29, 0.717) is 43.7 Å². The predicted octanol–water partition coefficient (Wildman–Crippen LogP) is 4.64. The summed E-state index contributed by atoms with van der Waals surface area (Å²) in [4.78, 5) is 6.69. The van der Waals surface area contributed by atoms with Crippen molar-refractivity contribution < 1.29 is 28.1 Å². The maximum Gasteiger partial charge on any atom is 0.132 e. The maximum absolute atomic E-state index is 13.9. The summed E-state index contributed by atoms with van der Waals surface area (Å²) in [5.74, 6) is -1.94. The molecule has 0 unspecified atom stereocenters. The summed E-state index contributed by atoms with van der Waals surface area (Å²) in [6, 6.07) is 6.98. The van der Waals surface area contributed by atoms with E-state index in [0.717, 1.165) is 48.0 Å². The fourth-order valence-corrected chi connectivity index (χ4v) is 5.53. The number of methoxy groups -OCH3 is 1. The highest BCUT2D eigenvalue weighted by Crippen LogP contribution is 2.39. The number of halogens is 3. The molecule has 1 aromatic heterocycles. The zero-order chi connectivity index (χ0) is 27.3. The minimum Gasteiger partial charge on any atom is -0.497 e. The van der Waals surface area contributed by atoms with Gasteiger partial charge in [0.1, 0.15) is 23.2 Å². The Bertz CT molecular complexity index is 1220. The van der Waals surface area contributed by atoms with Gasteiger partial charge in [0.15, 0.2) is 0 Å². The predicted molar refractivity (Wildman–Crippen MR) is 140 cm³/mol. The van der Waals surface area contributed by atoms with Gasteiger partial charge in [-0.1, -0.05) is 0 Å². The van der Waals surface area contributed by atoms with E-state index in [1.54, 1.807) is 13.3 Å². The number of nitrogens with zero attached hydrogens (tertiary/aromatic N) is 2. The molecule has 1 atom stereocenters. The van der Waals surface area contributed by atoms with Crippen molar-refractivity contribution >= 4 is 10.9 Å². The Morgan fingerprint density at radius 1 is 1.13 bits per heavy atom. The summed E-state index contributed by atoms with van der Waals surface area (Å²) >= 11 is 0. The lowest BCUT2D eigenvalue weighted by atomic mass is 9.74. The zero-order valence-electron chi connectivity index (χ0n) is 21.7. The van der Waals surface area contributed by atoms with Crippen LogP contribution in [0.5, 0.6) is 5.75 Å². The molecule has 2 heterocycles. The van der Waals surface area contributed by atoms with Gasteiger partial charge in [0.05, 0.1) is 18.7 Å². The molecule has 0 radical (unpaired) electrons. The Morgan fingerprint density at radius 3 is 2.47 bits per heavy atom. The van der Waals surface area contributed by atoms with Gasteiger partial charge in [0.25, 0.3) is 0 Å². The first-order valence-corrected chi connectivity index (χ1v) is 13.1. The van der Waals surface area contributed by atoms with Crippen LogP contribution in [0.4, 0.5) is 13.2 Å². The summed E-state index contributed by atoms with van der Waals surface area (Å²) in [6.07, 6.45) is 4.29. The number of fused-ring (bicyclic) bond motifs is 1. The molecule has 206 valence electrons. The molecule has 1 aliphatic heterocycles. The lowest BCUT2D eigenvalue weighted by Crippen LogP contribution is -2.42. The third-order valence-corrected chi connectivity index (χ3v) is 7.96. The molecule has 3 aromatic rings. The van der Waals surface area contributed by atoms with Crippen LogP contribution in [0.2, 0.25) is 0 Å². The molecule has 1 aliphatic rings. The molecule has 9 heteroatoms. The number of aliphatic hydroxyl groups is 2. The first kappa shape index (κ1) is 28.3. The van der Waals surface area contributed by atoms with Crippen LogP contribution in [0.25, 0.3) is 10.9 Å². The SMILES string of the molecule is COc1ccc2ncc(CN)c([C@H](O)CCC3(CO)CCN(CCCc4c(F)cc(F)cc4F)CC3)c2c1. The normalized spacial score (nSPS) is 16.6. The molecule has 4 N–H and O–H groups in total. The number of benzene rings is 2.